The smallest absolute Gasteiger partial charge is 0.0559 e. The van der Waals surface area contributed by atoms with Crippen LogP contribution >= 0.6 is 0 Å². The minimum Gasteiger partial charge on any atom is -0.320 e. The Balaban J connectivity index is 2.56. The molecular formula is C18H23N. The summed E-state index contributed by atoms with van der Waals surface area (Å²) >= 11 is 0. The Morgan fingerprint density at radius 1 is 0.737 bits per heavy atom. The van der Waals surface area contributed by atoms with Crippen LogP contribution in [-0.4, -0.2) is 0 Å². The van der Waals surface area contributed by atoms with Crippen LogP contribution in [0.5, 0.6) is 0 Å². The first-order chi connectivity index (χ1) is 8.91. The minimum absolute atomic E-state index is 0.0412. The second-order valence-corrected chi connectivity index (χ2v) is 5.58. The fourth-order valence-electron chi connectivity index (χ4n) is 2.79. The van der Waals surface area contributed by atoms with Crippen molar-refractivity contribution < 1.29 is 0 Å². The Labute approximate surface area is 116 Å². The zero-order valence-electron chi connectivity index (χ0n) is 12.5. The number of aryl methyl sites for hydroxylation is 5. The van der Waals surface area contributed by atoms with E-state index < -0.39 is 0 Å². The molecule has 0 aromatic heterocycles. The molecule has 0 fully saturated rings. The summed E-state index contributed by atoms with van der Waals surface area (Å²) in [6.07, 6.45) is 0. The van der Waals surface area contributed by atoms with Crippen molar-refractivity contribution in [3.63, 3.8) is 0 Å². The highest BCUT2D eigenvalue weighted by molar-refractivity contribution is 5.46. The Morgan fingerprint density at radius 3 is 1.84 bits per heavy atom. The van der Waals surface area contributed by atoms with Gasteiger partial charge in [-0.25, -0.2) is 0 Å². The van der Waals surface area contributed by atoms with E-state index in [1.165, 1.54) is 38.9 Å². The molecule has 0 spiro atoms. The third kappa shape index (κ3) is 2.57. The van der Waals surface area contributed by atoms with Crippen molar-refractivity contribution in [1.82, 2.24) is 0 Å². The highest BCUT2D eigenvalue weighted by Crippen LogP contribution is 2.29. The van der Waals surface area contributed by atoms with E-state index >= 15 is 0 Å². The highest BCUT2D eigenvalue weighted by Gasteiger charge is 2.16. The van der Waals surface area contributed by atoms with E-state index in [1.54, 1.807) is 0 Å². The molecule has 0 aliphatic heterocycles. The molecule has 1 heteroatoms. The van der Waals surface area contributed by atoms with Crippen LogP contribution < -0.4 is 5.73 Å². The monoisotopic (exact) mass is 253 g/mol. The summed E-state index contributed by atoms with van der Waals surface area (Å²) in [5.74, 6) is 0. The van der Waals surface area contributed by atoms with Crippen LogP contribution in [0, 0.1) is 34.6 Å². The van der Waals surface area contributed by atoms with Gasteiger partial charge in [-0.15, -0.1) is 0 Å². The molecule has 0 bridgehead atoms. The van der Waals surface area contributed by atoms with Crippen molar-refractivity contribution in [2.75, 3.05) is 0 Å². The fourth-order valence-corrected chi connectivity index (χ4v) is 2.79. The van der Waals surface area contributed by atoms with Crippen molar-refractivity contribution >= 4 is 0 Å². The summed E-state index contributed by atoms with van der Waals surface area (Å²) in [5, 5.41) is 0. The van der Waals surface area contributed by atoms with Gasteiger partial charge in [-0.2, -0.15) is 0 Å². The molecule has 0 amide bonds. The van der Waals surface area contributed by atoms with E-state index in [0.29, 0.717) is 0 Å². The Bertz CT molecular complexity index is 591. The number of hydrogen-bond acceptors (Lipinski definition) is 1. The molecule has 19 heavy (non-hydrogen) atoms. The van der Waals surface area contributed by atoms with Crippen molar-refractivity contribution in [3.8, 4) is 0 Å². The molecule has 0 saturated heterocycles. The van der Waals surface area contributed by atoms with Crippen LogP contribution in [0.25, 0.3) is 0 Å². The Morgan fingerprint density at radius 2 is 1.26 bits per heavy atom. The van der Waals surface area contributed by atoms with Gasteiger partial charge in [0.05, 0.1) is 6.04 Å². The van der Waals surface area contributed by atoms with Gasteiger partial charge in [0.1, 0.15) is 0 Å². The van der Waals surface area contributed by atoms with Gasteiger partial charge in [-0.05, 0) is 73.6 Å². The predicted molar refractivity (Wildman–Crippen MR) is 82.6 cm³/mol. The number of nitrogens with two attached hydrogens (primary N) is 1. The van der Waals surface area contributed by atoms with Gasteiger partial charge >= 0.3 is 0 Å². The largest absolute Gasteiger partial charge is 0.320 e. The molecular weight excluding hydrogens is 230 g/mol. The van der Waals surface area contributed by atoms with E-state index in [-0.39, 0.29) is 6.04 Å². The third-order valence-electron chi connectivity index (χ3n) is 4.07. The summed E-state index contributed by atoms with van der Waals surface area (Å²) in [7, 11) is 0. The molecule has 0 heterocycles. The molecule has 1 unspecified atom stereocenters. The van der Waals surface area contributed by atoms with E-state index in [0.717, 1.165) is 0 Å². The summed E-state index contributed by atoms with van der Waals surface area (Å²) in [6.45, 7) is 10.7. The average Bonchev–Trinajstić information content (AvgIpc) is 2.33. The first-order valence-corrected chi connectivity index (χ1v) is 6.81. The van der Waals surface area contributed by atoms with Crippen molar-refractivity contribution in [2.24, 2.45) is 5.73 Å². The van der Waals surface area contributed by atoms with Crippen LogP contribution in [0.15, 0.2) is 30.3 Å². The van der Waals surface area contributed by atoms with E-state index in [9.17, 15) is 0 Å². The van der Waals surface area contributed by atoms with Crippen LogP contribution in [0.1, 0.15) is 45.0 Å². The molecule has 0 radical (unpaired) electrons. The first-order valence-electron chi connectivity index (χ1n) is 6.81. The maximum atomic E-state index is 6.54. The standard InChI is InChI=1S/C18H23N/c1-11-7-6-8-12(2)17(11)18(19)16-10-14(4)13(3)9-15(16)5/h6-10,18H,19H2,1-5H3. The minimum atomic E-state index is -0.0412. The van der Waals surface area contributed by atoms with Crippen LogP contribution in [0.4, 0.5) is 0 Å². The SMILES string of the molecule is Cc1cc(C)c(C(N)c2c(C)cccc2C)cc1C. The zero-order chi connectivity index (χ0) is 14.2. The van der Waals surface area contributed by atoms with Gasteiger partial charge in [-0.3, -0.25) is 0 Å². The molecule has 2 N–H and O–H groups in total. The Kier molecular flexibility index (Phi) is 3.77. The topological polar surface area (TPSA) is 26.0 Å². The molecule has 2 rings (SSSR count). The average molecular weight is 253 g/mol. The quantitative estimate of drug-likeness (QED) is 0.849. The summed E-state index contributed by atoms with van der Waals surface area (Å²) in [4.78, 5) is 0. The zero-order valence-corrected chi connectivity index (χ0v) is 12.5. The molecule has 1 atom stereocenters. The number of rotatable bonds is 2. The van der Waals surface area contributed by atoms with E-state index in [2.05, 4.69) is 65.0 Å². The number of benzene rings is 2. The molecule has 0 aliphatic rings. The number of hydrogen-bond donors (Lipinski definition) is 1. The summed E-state index contributed by atoms with van der Waals surface area (Å²) in [6, 6.07) is 10.8. The lowest BCUT2D eigenvalue weighted by molar-refractivity contribution is 0.840. The lowest BCUT2D eigenvalue weighted by Gasteiger charge is -2.21. The van der Waals surface area contributed by atoms with Gasteiger partial charge in [-0.1, -0.05) is 30.3 Å². The van der Waals surface area contributed by atoms with Crippen molar-refractivity contribution in [2.45, 2.75) is 40.7 Å². The van der Waals surface area contributed by atoms with Gasteiger partial charge in [0.2, 0.25) is 0 Å². The van der Waals surface area contributed by atoms with Gasteiger partial charge < -0.3 is 5.73 Å². The molecule has 2 aromatic carbocycles. The van der Waals surface area contributed by atoms with Crippen LogP contribution in [0.2, 0.25) is 0 Å². The van der Waals surface area contributed by atoms with Crippen LogP contribution in [0.3, 0.4) is 0 Å². The van der Waals surface area contributed by atoms with Gasteiger partial charge in [0.15, 0.2) is 0 Å². The molecule has 0 saturated carbocycles. The van der Waals surface area contributed by atoms with Gasteiger partial charge in [0, 0.05) is 0 Å². The highest BCUT2D eigenvalue weighted by atomic mass is 14.6. The fraction of sp³-hybridized carbons (Fsp3) is 0.333. The van der Waals surface area contributed by atoms with Crippen LogP contribution in [-0.2, 0) is 0 Å². The molecule has 1 nitrogen and oxygen atoms in total. The first kappa shape index (κ1) is 13.8. The molecule has 100 valence electrons. The maximum Gasteiger partial charge on any atom is 0.0559 e. The Hall–Kier alpha value is -1.60. The lowest BCUT2D eigenvalue weighted by atomic mass is 9.88. The maximum absolute atomic E-state index is 6.54. The summed E-state index contributed by atoms with van der Waals surface area (Å²) < 4.78 is 0. The van der Waals surface area contributed by atoms with Crippen molar-refractivity contribution in [3.05, 3.63) is 69.3 Å². The summed E-state index contributed by atoms with van der Waals surface area (Å²) in [5.41, 5.74) is 15.5. The van der Waals surface area contributed by atoms with Crippen molar-refractivity contribution in [1.29, 1.82) is 0 Å². The predicted octanol–water partition coefficient (Wildman–Crippen LogP) is 4.28. The third-order valence-corrected chi connectivity index (χ3v) is 4.07. The normalized spacial score (nSPS) is 12.5. The van der Waals surface area contributed by atoms with Gasteiger partial charge in [0.25, 0.3) is 0 Å². The second kappa shape index (κ2) is 5.18. The molecule has 0 aliphatic carbocycles. The lowest BCUT2D eigenvalue weighted by Crippen LogP contribution is -2.16. The van der Waals surface area contributed by atoms with E-state index in [1.807, 2.05) is 0 Å². The molecule has 2 aromatic rings. The van der Waals surface area contributed by atoms with E-state index in [4.69, 9.17) is 5.73 Å². The second-order valence-electron chi connectivity index (χ2n) is 5.58.